The monoisotopic (exact) mass is 401 g/mol. The summed E-state index contributed by atoms with van der Waals surface area (Å²) in [5, 5.41) is 0. The van der Waals surface area contributed by atoms with Crippen LogP contribution in [0, 0.1) is 0 Å². The van der Waals surface area contributed by atoms with E-state index in [1.54, 1.807) is 0 Å². The van der Waals surface area contributed by atoms with E-state index in [0.29, 0.717) is 11.0 Å². The summed E-state index contributed by atoms with van der Waals surface area (Å²) < 4.78 is 15.1. The van der Waals surface area contributed by atoms with Crippen molar-refractivity contribution < 1.29 is 82.5 Å². The van der Waals surface area contributed by atoms with Crippen LogP contribution in [0.5, 0.6) is 0 Å². The molecule has 0 aromatic carbocycles. The minimum absolute atomic E-state index is 0. The third-order valence-electron chi connectivity index (χ3n) is 1.02. The van der Waals surface area contributed by atoms with Crippen LogP contribution in [0.3, 0.4) is 0 Å². The molecule has 0 aliphatic rings. The fourth-order valence-corrected chi connectivity index (χ4v) is 0.753. The molecule has 0 aromatic rings. The van der Waals surface area contributed by atoms with E-state index in [4.69, 9.17) is 9.79 Å². The Labute approximate surface area is 161 Å². The molecule has 0 saturated heterocycles. The Kier molecular flexibility index (Phi) is 76.8. The van der Waals surface area contributed by atoms with Gasteiger partial charge in [0.25, 0.3) is 0 Å². The van der Waals surface area contributed by atoms with E-state index in [1.165, 1.54) is 0 Å². The predicted molar refractivity (Wildman–Crippen MR) is 61.1 cm³/mol. The number of likely N-dealkylation sites (N-methyl/N-ethyl adjacent to an activating group) is 1. The molecule has 0 radical (unpaired) electrons. The van der Waals surface area contributed by atoms with Crippen molar-refractivity contribution in [3.05, 3.63) is 0 Å². The van der Waals surface area contributed by atoms with Gasteiger partial charge < -0.3 is 73.4 Å². The topological polar surface area (TPSA) is 193 Å². The normalized spacial score (nSPS) is 7.84. The van der Waals surface area contributed by atoms with Crippen LogP contribution >= 0.6 is 7.82 Å². The number of phosphoric acid groups is 1. The van der Waals surface area contributed by atoms with Gasteiger partial charge in [0.1, 0.15) is 13.2 Å². The second kappa shape index (κ2) is 25.0. The van der Waals surface area contributed by atoms with Crippen molar-refractivity contribution >= 4 is 45.6 Å². The summed E-state index contributed by atoms with van der Waals surface area (Å²) in [6.45, 7) is 0.652. The Morgan fingerprint density at radius 2 is 1.21 bits per heavy atom. The van der Waals surface area contributed by atoms with E-state index in [2.05, 4.69) is 4.52 Å². The Balaban J connectivity index is -0.0000000179. The van der Waals surface area contributed by atoms with Crippen molar-refractivity contribution in [2.24, 2.45) is 0 Å². The van der Waals surface area contributed by atoms with E-state index in [-0.39, 0.29) is 103 Å². The SMILES string of the molecule is C[N+](C)(C)CCOP(=O)(O)O.O.O.O.O.[Ca+2].[Cl-].[Cl-].[Cl-]. The average Bonchev–Trinajstić information content (AvgIpc) is 1.55. The Morgan fingerprint density at radius 3 is 1.37 bits per heavy atom. The van der Waals surface area contributed by atoms with Gasteiger partial charge in [-0.3, -0.25) is 4.52 Å². The fourth-order valence-electron chi connectivity index (χ4n) is 0.434. The Hall–Kier alpha value is 2.04. The van der Waals surface area contributed by atoms with Crippen LogP contribution in [0.2, 0.25) is 0 Å². The second-order valence-electron chi connectivity index (χ2n) is 3.34. The van der Waals surface area contributed by atoms with E-state index < -0.39 is 7.82 Å². The summed E-state index contributed by atoms with van der Waals surface area (Å²) in [6, 6.07) is 0. The molecule has 0 rings (SSSR count). The van der Waals surface area contributed by atoms with Gasteiger partial charge in [0, 0.05) is 0 Å². The molecule has 0 aliphatic heterocycles. The maximum Gasteiger partial charge on any atom is 2.00 e. The van der Waals surface area contributed by atoms with Crippen molar-refractivity contribution in [2.45, 2.75) is 0 Å². The molecule has 0 unspecified atom stereocenters. The number of rotatable bonds is 4. The Morgan fingerprint density at radius 1 is 0.947 bits per heavy atom. The number of quaternary nitrogens is 1. The molecular formula is C5H23CaCl3NO8P. The molecule has 9 nitrogen and oxygen atoms in total. The molecule has 14 heteroatoms. The van der Waals surface area contributed by atoms with Gasteiger partial charge in [-0.2, -0.15) is 0 Å². The summed E-state index contributed by atoms with van der Waals surface area (Å²) >= 11 is 0. The second-order valence-corrected chi connectivity index (χ2v) is 4.58. The van der Waals surface area contributed by atoms with Gasteiger partial charge in [-0.15, -0.1) is 0 Å². The van der Waals surface area contributed by atoms with Crippen molar-refractivity contribution in [3.63, 3.8) is 0 Å². The van der Waals surface area contributed by atoms with Crippen molar-refractivity contribution in [1.82, 2.24) is 0 Å². The molecule has 0 aliphatic carbocycles. The molecule has 0 saturated carbocycles. The van der Waals surface area contributed by atoms with Crippen LogP contribution in [0.4, 0.5) is 0 Å². The molecular weight excluding hydrogens is 379 g/mol. The van der Waals surface area contributed by atoms with Crippen molar-refractivity contribution in [1.29, 1.82) is 0 Å². The van der Waals surface area contributed by atoms with E-state index in [9.17, 15) is 4.57 Å². The maximum atomic E-state index is 10.2. The van der Waals surface area contributed by atoms with Crippen molar-refractivity contribution in [3.8, 4) is 0 Å². The zero-order valence-corrected chi connectivity index (χ0v) is 16.2. The third kappa shape index (κ3) is 64.7. The van der Waals surface area contributed by atoms with Crippen LogP contribution in [0.1, 0.15) is 0 Å². The standard InChI is InChI=1S/C5H14NO4P.Ca.3ClH.4H2O/c1-6(2,3)4-5-10-11(7,8)9;;;;;;;;/h4-5H2,1-3H3,(H-,7,8,9);;3*1H;4*1H2/q;+2;;;;;;;/p-2. The van der Waals surface area contributed by atoms with Crippen molar-refractivity contribution in [2.75, 3.05) is 34.3 Å². The van der Waals surface area contributed by atoms with Crippen LogP contribution in [0.25, 0.3) is 0 Å². The van der Waals surface area contributed by atoms with Gasteiger partial charge in [0.2, 0.25) is 0 Å². The zero-order chi connectivity index (χ0) is 9.12. The van der Waals surface area contributed by atoms with Gasteiger partial charge in [-0.25, -0.2) is 4.57 Å². The summed E-state index contributed by atoms with van der Waals surface area (Å²) in [7, 11) is 1.50. The first kappa shape index (κ1) is 58.3. The van der Waals surface area contributed by atoms with E-state index >= 15 is 0 Å². The molecule has 19 heavy (non-hydrogen) atoms. The van der Waals surface area contributed by atoms with Gasteiger partial charge in [0.15, 0.2) is 0 Å². The van der Waals surface area contributed by atoms with Crippen LogP contribution < -0.4 is 37.2 Å². The van der Waals surface area contributed by atoms with Crippen LogP contribution in [0.15, 0.2) is 0 Å². The quantitative estimate of drug-likeness (QED) is 0.268. The maximum absolute atomic E-state index is 10.2. The minimum Gasteiger partial charge on any atom is -1.00 e. The molecule has 124 valence electrons. The third-order valence-corrected chi connectivity index (χ3v) is 1.54. The summed E-state index contributed by atoms with van der Waals surface area (Å²) in [4.78, 5) is 16.6. The Bertz CT molecular complexity index is 180. The number of nitrogens with zero attached hydrogens (tertiary/aromatic N) is 1. The van der Waals surface area contributed by atoms with E-state index in [0.717, 1.165) is 0 Å². The molecule has 0 fully saturated rings. The van der Waals surface area contributed by atoms with Gasteiger partial charge in [-0.1, -0.05) is 0 Å². The predicted octanol–water partition coefficient (Wildman–Crippen LogP) is -12.9. The minimum atomic E-state index is -4.26. The average molecular weight is 403 g/mol. The molecule has 0 aromatic heterocycles. The number of hydrogen-bond donors (Lipinski definition) is 2. The number of hydrogen-bond acceptors (Lipinski definition) is 2. The van der Waals surface area contributed by atoms with E-state index in [1.807, 2.05) is 21.1 Å². The molecule has 0 spiro atoms. The zero-order valence-electron chi connectivity index (χ0n) is 10.9. The number of halogens is 3. The first-order valence-electron chi connectivity index (χ1n) is 3.21. The molecule has 0 heterocycles. The molecule has 0 atom stereocenters. The molecule has 0 amide bonds. The fraction of sp³-hybridized carbons (Fsp3) is 1.00. The first-order valence-corrected chi connectivity index (χ1v) is 4.74. The van der Waals surface area contributed by atoms with Gasteiger partial charge in [0.05, 0.1) is 21.1 Å². The van der Waals surface area contributed by atoms with Crippen LogP contribution in [-0.4, -0.2) is 108 Å². The number of phosphoric ester groups is 1. The summed E-state index contributed by atoms with van der Waals surface area (Å²) in [6.07, 6.45) is 0. The molecule has 0 bridgehead atoms. The summed E-state index contributed by atoms with van der Waals surface area (Å²) in [5.74, 6) is 0. The summed E-state index contributed by atoms with van der Waals surface area (Å²) in [5.41, 5.74) is 0. The molecule has 10 N–H and O–H groups in total. The first-order chi connectivity index (χ1) is 4.71. The smallest absolute Gasteiger partial charge is 1.00 e. The van der Waals surface area contributed by atoms with Crippen LogP contribution in [-0.2, 0) is 9.09 Å². The van der Waals surface area contributed by atoms with Gasteiger partial charge >= 0.3 is 45.6 Å². The largest absolute Gasteiger partial charge is 2.00 e. The van der Waals surface area contributed by atoms with Gasteiger partial charge in [-0.05, 0) is 0 Å².